The number of H-pyrrole nitrogens is 1. The van der Waals surface area contributed by atoms with Gasteiger partial charge in [-0.3, -0.25) is 10.0 Å². The quantitative estimate of drug-likeness (QED) is 0.337. The van der Waals surface area contributed by atoms with Gasteiger partial charge in [-0.25, -0.2) is 10.5 Å². The van der Waals surface area contributed by atoms with Crippen LogP contribution in [0.1, 0.15) is 9.97 Å². The van der Waals surface area contributed by atoms with Crippen LogP contribution >= 0.6 is 0 Å². The number of amides is 1. The minimum absolute atomic E-state index is 0. The van der Waals surface area contributed by atoms with Crippen molar-refractivity contribution in [2.24, 2.45) is 0 Å². The van der Waals surface area contributed by atoms with E-state index in [0.717, 1.165) is 0 Å². The maximum atomic E-state index is 10.4. The standard InChI is InChI=1S/C6H7N3O2.3H2/c10-6(9-11)2-1-5-3-7-4-8-5;;;/h1-4,11H,(H,7,8)(H,9,10);3*1H/b2-1+;;;. The molecule has 1 heterocycles. The molecule has 0 radical (unpaired) electrons. The molecule has 0 fully saturated rings. The second-order valence-electron chi connectivity index (χ2n) is 1.82. The van der Waals surface area contributed by atoms with E-state index in [1.54, 1.807) is 6.20 Å². The molecule has 11 heavy (non-hydrogen) atoms. The molecule has 0 aliphatic carbocycles. The zero-order valence-electron chi connectivity index (χ0n) is 5.61. The van der Waals surface area contributed by atoms with Crippen molar-refractivity contribution in [3.8, 4) is 0 Å². The van der Waals surface area contributed by atoms with Gasteiger partial charge in [0, 0.05) is 10.4 Å². The van der Waals surface area contributed by atoms with Gasteiger partial charge < -0.3 is 4.98 Å². The summed E-state index contributed by atoms with van der Waals surface area (Å²) in [5, 5.41) is 8.09. The zero-order valence-corrected chi connectivity index (χ0v) is 5.61. The summed E-state index contributed by atoms with van der Waals surface area (Å²) in [5.74, 6) is -0.570. The third-order valence-corrected chi connectivity index (χ3v) is 1.04. The van der Waals surface area contributed by atoms with E-state index in [9.17, 15) is 4.79 Å². The highest BCUT2D eigenvalue weighted by Crippen LogP contribution is 1.92. The zero-order chi connectivity index (χ0) is 8.10. The molecule has 0 spiro atoms. The molecule has 3 N–H and O–H groups in total. The fourth-order valence-electron chi connectivity index (χ4n) is 0.561. The lowest BCUT2D eigenvalue weighted by molar-refractivity contribution is -0.124. The minimum Gasteiger partial charge on any atom is -0.345 e. The first-order valence-electron chi connectivity index (χ1n) is 2.93. The summed E-state index contributed by atoms with van der Waals surface area (Å²) >= 11 is 0. The van der Waals surface area contributed by atoms with Crippen LogP contribution in [0.2, 0.25) is 0 Å². The molecule has 1 rings (SSSR count). The first-order chi connectivity index (χ1) is 5.33. The summed E-state index contributed by atoms with van der Waals surface area (Å²) in [5.41, 5.74) is 2.17. The number of aromatic amines is 1. The van der Waals surface area contributed by atoms with E-state index in [-0.39, 0.29) is 4.28 Å². The second kappa shape index (κ2) is 3.52. The van der Waals surface area contributed by atoms with Crippen molar-refractivity contribution in [1.29, 1.82) is 0 Å². The Kier molecular flexibility index (Phi) is 2.40. The Bertz CT molecular complexity index is 263. The maximum absolute atomic E-state index is 10.4. The SMILES string of the molecule is O=C(/C=C/c1cnc[nH]1)NO.[HH].[HH].[HH]. The third kappa shape index (κ3) is 2.23. The molecular formula is C6H13N3O2. The molecule has 5 nitrogen and oxygen atoms in total. The Balaban J connectivity index is -0.000000403. The van der Waals surface area contributed by atoms with Crippen LogP contribution in [0, 0.1) is 0 Å². The van der Waals surface area contributed by atoms with Crippen molar-refractivity contribution in [3.05, 3.63) is 24.3 Å². The monoisotopic (exact) mass is 159 g/mol. The molecule has 1 aromatic heterocycles. The van der Waals surface area contributed by atoms with E-state index in [1.165, 1.54) is 24.0 Å². The van der Waals surface area contributed by atoms with Gasteiger partial charge >= 0.3 is 0 Å². The molecule has 0 unspecified atom stereocenters. The van der Waals surface area contributed by atoms with Crippen LogP contribution in [0.4, 0.5) is 0 Å². The molecule has 1 amide bonds. The molecule has 0 saturated heterocycles. The number of carbonyl (C=O) groups is 1. The summed E-state index contributed by atoms with van der Waals surface area (Å²) in [6, 6.07) is 0. The highest BCUT2D eigenvalue weighted by Gasteiger charge is 1.90. The largest absolute Gasteiger partial charge is 0.345 e. The highest BCUT2D eigenvalue weighted by molar-refractivity contribution is 5.90. The van der Waals surface area contributed by atoms with Gasteiger partial charge in [-0.2, -0.15) is 0 Å². The Labute approximate surface area is 67.2 Å². The fraction of sp³-hybridized carbons (Fsp3) is 0. The van der Waals surface area contributed by atoms with Gasteiger partial charge in [-0.15, -0.1) is 0 Å². The van der Waals surface area contributed by atoms with Crippen LogP contribution in [0.5, 0.6) is 0 Å². The van der Waals surface area contributed by atoms with Crippen molar-refractivity contribution < 1.29 is 14.3 Å². The topological polar surface area (TPSA) is 78.0 Å². The van der Waals surface area contributed by atoms with Gasteiger partial charge in [0.05, 0.1) is 18.2 Å². The highest BCUT2D eigenvalue weighted by atomic mass is 16.5. The lowest BCUT2D eigenvalue weighted by Gasteiger charge is -1.86. The number of nitrogens with one attached hydrogen (secondary N) is 2. The van der Waals surface area contributed by atoms with E-state index in [1.807, 2.05) is 0 Å². The predicted molar refractivity (Wildman–Crippen MR) is 43.9 cm³/mol. The molecule has 0 aliphatic rings. The van der Waals surface area contributed by atoms with Gasteiger partial charge in [0.25, 0.3) is 5.91 Å². The first kappa shape index (κ1) is 7.49. The van der Waals surface area contributed by atoms with E-state index in [0.29, 0.717) is 5.69 Å². The van der Waals surface area contributed by atoms with E-state index in [2.05, 4.69) is 9.97 Å². The Morgan fingerprint density at radius 3 is 3.27 bits per heavy atom. The van der Waals surface area contributed by atoms with Crippen molar-refractivity contribution in [1.82, 2.24) is 15.4 Å². The summed E-state index contributed by atoms with van der Waals surface area (Å²) in [4.78, 5) is 16.9. The number of imidazole rings is 1. The lowest BCUT2D eigenvalue weighted by atomic mass is 10.4. The number of hydrogen-bond acceptors (Lipinski definition) is 3. The van der Waals surface area contributed by atoms with Crippen LogP contribution in [0.3, 0.4) is 0 Å². The van der Waals surface area contributed by atoms with Gasteiger partial charge in [0.2, 0.25) is 0 Å². The summed E-state index contributed by atoms with van der Waals surface area (Å²) in [6.45, 7) is 0. The fourth-order valence-corrected chi connectivity index (χ4v) is 0.561. The van der Waals surface area contributed by atoms with E-state index >= 15 is 0 Å². The second-order valence-corrected chi connectivity index (χ2v) is 1.82. The van der Waals surface area contributed by atoms with E-state index in [4.69, 9.17) is 5.21 Å². The molecular weight excluding hydrogens is 146 g/mol. The first-order valence-corrected chi connectivity index (χ1v) is 2.93. The minimum atomic E-state index is -0.570. The summed E-state index contributed by atoms with van der Waals surface area (Å²) in [6.07, 6.45) is 5.74. The van der Waals surface area contributed by atoms with Gasteiger partial charge in [0.15, 0.2) is 0 Å². The Hall–Kier alpha value is -1.62. The smallest absolute Gasteiger partial charge is 0.267 e. The van der Waals surface area contributed by atoms with Crippen molar-refractivity contribution in [3.63, 3.8) is 0 Å². The molecule has 64 valence electrons. The number of rotatable bonds is 2. The van der Waals surface area contributed by atoms with Gasteiger partial charge in [-0.05, 0) is 6.08 Å². The molecule has 5 heteroatoms. The van der Waals surface area contributed by atoms with Crippen LogP contribution in [-0.4, -0.2) is 21.1 Å². The van der Waals surface area contributed by atoms with Crippen molar-refractivity contribution >= 4 is 12.0 Å². The average Bonchev–Trinajstić information content (AvgIpc) is 2.52. The number of aromatic nitrogens is 2. The van der Waals surface area contributed by atoms with Crippen LogP contribution < -0.4 is 5.48 Å². The molecule has 0 atom stereocenters. The summed E-state index contributed by atoms with van der Waals surface area (Å²) in [7, 11) is 0. The molecule has 0 aromatic carbocycles. The number of hydroxylamine groups is 1. The van der Waals surface area contributed by atoms with Crippen molar-refractivity contribution in [2.75, 3.05) is 0 Å². The number of hydrogen-bond donors (Lipinski definition) is 3. The van der Waals surface area contributed by atoms with Crippen LogP contribution in [0.25, 0.3) is 6.08 Å². The van der Waals surface area contributed by atoms with Crippen LogP contribution in [0.15, 0.2) is 18.6 Å². The van der Waals surface area contributed by atoms with Crippen LogP contribution in [-0.2, 0) is 4.79 Å². The lowest BCUT2D eigenvalue weighted by Crippen LogP contribution is -2.14. The normalized spacial score (nSPS) is 10.3. The van der Waals surface area contributed by atoms with E-state index < -0.39 is 5.91 Å². The van der Waals surface area contributed by atoms with Crippen molar-refractivity contribution in [2.45, 2.75) is 0 Å². The molecule has 0 bridgehead atoms. The van der Waals surface area contributed by atoms with Gasteiger partial charge in [-0.1, -0.05) is 0 Å². The Morgan fingerprint density at radius 1 is 1.91 bits per heavy atom. The number of nitrogens with zero attached hydrogens (tertiary/aromatic N) is 1. The third-order valence-electron chi connectivity index (χ3n) is 1.04. The number of carbonyl (C=O) groups excluding carboxylic acids is 1. The Morgan fingerprint density at radius 2 is 2.73 bits per heavy atom. The van der Waals surface area contributed by atoms with Gasteiger partial charge in [0.1, 0.15) is 0 Å². The molecule has 1 aromatic rings. The maximum Gasteiger partial charge on any atom is 0.267 e. The predicted octanol–water partition coefficient (Wildman–Crippen LogP) is 0.666. The molecule has 0 aliphatic heterocycles. The summed E-state index contributed by atoms with van der Waals surface area (Å²) < 4.78 is 0. The molecule has 0 saturated carbocycles. The average molecular weight is 159 g/mol.